The molecule has 0 aliphatic carbocycles. The van der Waals surface area contributed by atoms with E-state index in [0.717, 1.165) is 17.7 Å². The van der Waals surface area contributed by atoms with E-state index >= 15 is 0 Å². The smallest absolute Gasteiger partial charge is 0.268 e. The highest BCUT2D eigenvalue weighted by atomic mass is 32.2. The highest BCUT2D eigenvalue weighted by Gasteiger charge is 2.19. The predicted molar refractivity (Wildman–Crippen MR) is 126 cm³/mol. The van der Waals surface area contributed by atoms with Crippen molar-refractivity contribution in [3.63, 3.8) is 0 Å². The maximum absolute atomic E-state index is 12.3. The van der Waals surface area contributed by atoms with Gasteiger partial charge in [-0.1, -0.05) is 24.3 Å². The zero-order chi connectivity index (χ0) is 23.6. The predicted octanol–water partition coefficient (Wildman–Crippen LogP) is 4.10. The number of benzene rings is 2. The highest BCUT2D eigenvalue weighted by molar-refractivity contribution is 7.92. The van der Waals surface area contributed by atoms with E-state index in [1.165, 1.54) is 5.56 Å². The molecule has 8 nitrogen and oxygen atoms in total. The molecule has 4 aromatic rings. The van der Waals surface area contributed by atoms with Crippen molar-refractivity contribution in [2.24, 2.45) is 0 Å². The summed E-state index contributed by atoms with van der Waals surface area (Å²) in [6.45, 7) is 4.17. The molecule has 0 aliphatic heterocycles. The number of nitrogens with zero attached hydrogens (tertiary/aromatic N) is 5. The second-order valence-corrected chi connectivity index (χ2v) is 10.8. The Balaban J connectivity index is 1.57. The van der Waals surface area contributed by atoms with E-state index in [1.54, 1.807) is 50.5 Å². The molecule has 0 N–H and O–H groups in total. The van der Waals surface area contributed by atoms with Crippen molar-refractivity contribution in [3.8, 4) is 34.3 Å². The Labute approximate surface area is 193 Å². The van der Waals surface area contributed by atoms with Crippen LogP contribution >= 0.6 is 0 Å². The SMILES string of the molecule is CC(C)S(=O)(=O)c1ccc(-c2cncc(-c3nnc(-c4ccc(CN(C)C)cc4)o3)n2)cc1. The summed E-state index contributed by atoms with van der Waals surface area (Å²) in [6, 6.07) is 14.6. The van der Waals surface area contributed by atoms with E-state index in [4.69, 9.17) is 4.42 Å². The molecule has 0 bridgehead atoms. The van der Waals surface area contributed by atoms with Crippen LogP contribution in [0.3, 0.4) is 0 Å². The highest BCUT2D eigenvalue weighted by Crippen LogP contribution is 2.26. The van der Waals surface area contributed by atoms with E-state index in [9.17, 15) is 8.42 Å². The Morgan fingerprint density at radius 1 is 0.848 bits per heavy atom. The van der Waals surface area contributed by atoms with Crippen LogP contribution in [0.2, 0.25) is 0 Å². The minimum Gasteiger partial charge on any atom is -0.415 e. The van der Waals surface area contributed by atoms with Crippen molar-refractivity contribution >= 4 is 9.84 Å². The van der Waals surface area contributed by atoms with E-state index < -0.39 is 15.1 Å². The topological polar surface area (TPSA) is 102 Å². The number of hydrogen-bond donors (Lipinski definition) is 0. The number of sulfone groups is 1. The van der Waals surface area contributed by atoms with Gasteiger partial charge in [0.25, 0.3) is 5.89 Å². The van der Waals surface area contributed by atoms with Crippen molar-refractivity contribution in [1.82, 2.24) is 25.1 Å². The summed E-state index contributed by atoms with van der Waals surface area (Å²) in [6.07, 6.45) is 3.16. The molecule has 0 fully saturated rings. The normalized spacial score (nSPS) is 11.9. The molecule has 2 aromatic carbocycles. The Morgan fingerprint density at radius 3 is 2.09 bits per heavy atom. The van der Waals surface area contributed by atoms with Crippen LogP contribution in [0.25, 0.3) is 34.3 Å². The van der Waals surface area contributed by atoms with Crippen LogP contribution in [0.4, 0.5) is 0 Å². The largest absolute Gasteiger partial charge is 0.415 e. The van der Waals surface area contributed by atoms with Gasteiger partial charge in [0.2, 0.25) is 5.89 Å². The average Bonchev–Trinajstić information content (AvgIpc) is 3.30. The van der Waals surface area contributed by atoms with Crippen molar-refractivity contribution in [2.75, 3.05) is 14.1 Å². The first-order chi connectivity index (χ1) is 15.7. The third-order valence-electron chi connectivity index (χ3n) is 5.08. The van der Waals surface area contributed by atoms with Gasteiger partial charge < -0.3 is 9.32 Å². The molecule has 0 spiro atoms. The summed E-state index contributed by atoms with van der Waals surface area (Å²) in [7, 11) is 0.715. The van der Waals surface area contributed by atoms with E-state index in [0.29, 0.717) is 17.3 Å². The Hall–Kier alpha value is -3.43. The molecule has 170 valence electrons. The Bertz CT molecular complexity index is 1350. The Morgan fingerprint density at radius 2 is 1.45 bits per heavy atom. The lowest BCUT2D eigenvalue weighted by atomic mass is 10.1. The molecule has 0 amide bonds. The van der Waals surface area contributed by atoms with Gasteiger partial charge in [-0.2, -0.15) is 0 Å². The first-order valence-electron chi connectivity index (χ1n) is 10.5. The molecule has 0 saturated heterocycles. The molecule has 33 heavy (non-hydrogen) atoms. The van der Waals surface area contributed by atoms with Gasteiger partial charge in [0.15, 0.2) is 9.84 Å². The molecule has 0 radical (unpaired) electrons. The second-order valence-electron chi connectivity index (χ2n) is 8.25. The quantitative estimate of drug-likeness (QED) is 0.404. The number of hydrogen-bond acceptors (Lipinski definition) is 8. The van der Waals surface area contributed by atoms with Gasteiger partial charge in [-0.05, 0) is 57.8 Å². The zero-order valence-corrected chi connectivity index (χ0v) is 19.7. The summed E-state index contributed by atoms with van der Waals surface area (Å²) in [5.41, 5.74) is 3.77. The van der Waals surface area contributed by atoms with Crippen LogP contribution in [0.15, 0.2) is 70.2 Å². The van der Waals surface area contributed by atoms with Gasteiger partial charge in [0.05, 0.1) is 28.2 Å². The van der Waals surface area contributed by atoms with Gasteiger partial charge in [-0.25, -0.2) is 13.4 Å². The lowest BCUT2D eigenvalue weighted by molar-refractivity contribution is 0.402. The molecule has 9 heteroatoms. The lowest BCUT2D eigenvalue weighted by Gasteiger charge is -2.09. The zero-order valence-electron chi connectivity index (χ0n) is 18.9. The van der Waals surface area contributed by atoms with Crippen molar-refractivity contribution in [2.45, 2.75) is 30.5 Å². The molecular weight excluding hydrogens is 438 g/mol. The maximum atomic E-state index is 12.3. The van der Waals surface area contributed by atoms with Gasteiger partial charge in [-0.15, -0.1) is 10.2 Å². The molecule has 2 aromatic heterocycles. The van der Waals surface area contributed by atoms with Crippen LogP contribution in [-0.2, 0) is 16.4 Å². The average molecular weight is 464 g/mol. The molecule has 0 atom stereocenters. The lowest BCUT2D eigenvalue weighted by Crippen LogP contribution is -2.13. The standard InChI is InChI=1S/C24H25N5O3S/c1-16(2)33(30,31)20-11-9-18(10-12-20)21-13-25-14-22(26-21)24-28-27-23(32-24)19-7-5-17(6-8-19)15-29(3)4/h5-14,16H,15H2,1-4H3. The van der Waals surface area contributed by atoms with E-state index in [-0.39, 0.29) is 10.8 Å². The second kappa shape index (κ2) is 9.21. The third kappa shape index (κ3) is 4.99. The van der Waals surface area contributed by atoms with Crippen molar-refractivity contribution in [3.05, 3.63) is 66.5 Å². The molecule has 0 unspecified atom stereocenters. The minimum absolute atomic E-state index is 0.260. The van der Waals surface area contributed by atoms with E-state index in [2.05, 4.69) is 25.1 Å². The van der Waals surface area contributed by atoms with Crippen molar-refractivity contribution < 1.29 is 12.8 Å². The summed E-state index contributed by atoms with van der Waals surface area (Å²) >= 11 is 0. The Kier molecular flexibility index (Phi) is 6.35. The molecular formula is C24H25N5O3S. The molecule has 2 heterocycles. The maximum Gasteiger partial charge on any atom is 0.268 e. The number of rotatable bonds is 7. The van der Waals surface area contributed by atoms with E-state index in [1.807, 2.05) is 38.4 Å². The summed E-state index contributed by atoms with van der Waals surface area (Å²) in [5, 5.41) is 7.79. The molecule has 0 aliphatic rings. The van der Waals surface area contributed by atoms with Crippen LogP contribution in [0.5, 0.6) is 0 Å². The molecule has 4 rings (SSSR count). The van der Waals surface area contributed by atoms with Gasteiger partial charge >= 0.3 is 0 Å². The van der Waals surface area contributed by atoms with Crippen LogP contribution in [0.1, 0.15) is 19.4 Å². The van der Waals surface area contributed by atoms with Crippen LogP contribution in [0, 0.1) is 0 Å². The van der Waals surface area contributed by atoms with Gasteiger partial charge in [-0.3, -0.25) is 4.98 Å². The van der Waals surface area contributed by atoms with Gasteiger partial charge in [0.1, 0.15) is 5.69 Å². The fourth-order valence-electron chi connectivity index (χ4n) is 3.26. The monoisotopic (exact) mass is 463 g/mol. The minimum atomic E-state index is -3.33. The summed E-state index contributed by atoms with van der Waals surface area (Å²) < 4.78 is 30.5. The van der Waals surface area contributed by atoms with Crippen molar-refractivity contribution in [1.29, 1.82) is 0 Å². The number of aromatic nitrogens is 4. The van der Waals surface area contributed by atoms with Crippen LogP contribution < -0.4 is 0 Å². The van der Waals surface area contributed by atoms with Crippen LogP contribution in [-0.4, -0.2) is 52.8 Å². The van der Waals surface area contributed by atoms with Gasteiger partial charge in [0, 0.05) is 17.7 Å². The molecule has 0 saturated carbocycles. The third-order valence-corrected chi connectivity index (χ3v) is 7.25. The summed E-state index contributed by atoms with van der Waals surface area (Å²) in [5.74, 6) is 0.660. The first-order valence-corrected chi connectivity index (χ1v) is 12.0. The fourth-order valence-corrected chi connectivity index (χ4v) is 4.32. The summed E-state index contributed by atoms with van der Waals surface area (Å²) in [4.78, 5) is 11.2. The first kappa shape index (κ1) is 22.8. The fraction of sp³-hybridized carbons (Fsp3) is 0.250.